The Morgan fingerprint density at radius 2 is 2.06 bits per heavy atom. The molecule has 0 radical (unpaired) electrons. The Morgan fingerprint density at radius 1 is 1.38 bits per heavy atom. The summed E-state index contributed by atoms with van der Waals surface area (Å²) in [5.74, 6) is 4.79. The van der Waals surface area contributed by atoms with E-state index in [2.05, 4.69) is 17.2 Å². The third-order valence-electron chi connectivity index (χ3n) is 1.81. The topological polar surface area (TPSA) is 32.3 Å². The van der Waals surface area contributed by atoms with E-state index >= 15 is 0 Å². The van der Waals surface area contributed by atoms with Gasteiger partial charge in [-0.2, -0.15) is 13.2 Å². The predicted octanol–water partition coefficient (Wildman–Crippen LogP) is 1.98. The summed E-state index contributed by atoms with van der Waals surface area (Å²) in [6.45, 7) is 0.343. The zero-order valence-electron chi connectivity index (χ0n) is 8.52. The van der Waals surface area contributed by atoms with Crippen molar-refractivity contribution in [2.75, 3.05) is 13.6 Å². The Hall–Kier alpha value is -1.67. The lowest BCUT2D eigenvalue weighted by molar-refractivity contribution is -0.137. The second-order valence-corrected chi connectivity index (χ2v) is 3.06. The van der Waals surface area contributed by atoms with Gasteiger partial charge >= 0.3 is 6.18 Å². The lowest BCUT2D eigenvalue weighted by Crippen LogP contribution is -2.05. The number of benzene rings is 1. The first-order valence-electron chi connectivity index (χ1n) is 4.49. The summed E-state index contributed by atoms with van der Waals surface area (Å²) in [6.07, 6.45) is -4.42. The number of alkyl halides is 3. The zero-order chi connectivity index (χ0) is 12.2. The van der Waals surface area contributed by atoms with E-state index < -0.39 is 11.7 Å². The van der Waals surface area contributed by atoms with Gasteiger partial charge in [0.25, 0.3) is 0 Å². The quantitative estimate of drug-likeness (QED) is 0.722. The molecule has 0 unspecified atom stereocenters. The first kappa shape index (κ1) is 12.4. The fourth-order valence-electron chi connectivity index (χ4n) is 1.04. The van der Waals surface area contributed by atoms with Gasteiger partial charge in [-0.25, -0.2) is 0 Å². The van der Waals surface area contributed by atoms with E-state index in [0.29, 0.717) is 6.54 Å². The molecule has 2 N–H and O–H groups in total. The van der Waals surface area contributed by atoms with Crippen LogP contribution in [0.3, 0.4) is 0 Å². The number of rotatable bonds is 1. The highest BCUT2D eigenvalue weighted by Crippen LogP contribution is 2.31. The molecule has 0 saturated carbocycles. The Bertz CT molecular complexity index is 429. The average molecular weight is 229 g/mol. The van der Waals surface area contributed by atoms with Gasteiger partial charge in [0.2, 0.25) is 0 Å². The van der Waals surface area contributed by atoms with E-state index in [1.54, 1.807) is 7.05 Å². The van der Waals surface area contributed by atoms with Crippen LogP contribution in [0.15, 0.2) is 18.2 Å². The Kier molecular flexibility index (Phi) is 3.80. The maximum absolute atomic E-state index is 12.3. The van der Waals surface area contributed by atoms with E-state index in [-0.39, 0.29) is 11.3 Å². The van der Waals surface area contributed by atoms with Gasteiger partial charge < -0.3 is 10.4 Å². The molecule has 2 nitrogen and oxygen atoms in total. The minimum atomic E-state index is -4.42. The SMILES string of the molecule is CNCC#Cc1cc(C(F)(F)F)ccc1O. The normalized spacial score (nSPS) is 10.8. The maximum Gasteiger partial charge on any atom is 0.416 e. The molecule has 0 heterocycles. The summed E-state index contributed by atoms with van der Waals surface area (Å²) < 4.78 is 37.0. The summed E-state index contributed by atoms with van der Waals surface area (Å²) >= 11 is 0. The fourth-order valence-corrected chi connectivity index (χ4v) is 1.04. The molecule has 0 atom stereocenters. The summed E-state index contributed by atoms with van der Waals surface area (Å²) in [4.78, 5) is 0. The number of hydrogen-bond acceptors (Lipinski definition) is 2. The van der Waals surface area contributed by atoms with Gasteiger partial charge in [-0.1, -0.05) is 11.8 Å². The van der Waals surface area contributed by atoms with Crippen LogP contribution in [0.2, 0.25) is 0 Å². The molecule has 0 fully saturated rings. The van der Waals surface area contributed by atoms with Crippen molar-refractivity contribution < 1.29 is 18.3 Å². The van der Waals surface area contributed by atoms with Gasteiger partial charge in [0, 0.05) is 0 Å². The Morgan fingerprint density at radius 3 is 2.62 bits per heavy atom. The van der Waals surface area contributed by atoms with E-state index in [0.717, 1.165) is 18.2 Å². The molecule has 1 aromatic rings. The van der Waals surface area contributed by atoms with E-state index in [4.69, 9.17) is 0 Å². The monoisotopic (exact) mass is 229 g/mol. The lowest BCUT2D eigenvalue weighted by atomic mass is 10.1. The van der Waals surface area contributed by atoms with Gasteiger partial charge in [-0.3, -0.25) is 0 Å². The van der Waals surface area contributed by atoms with E-state index in [1.807, 2.05) is 0 Å². The van der Waals surface area contributed by atoms with Crippen molar-refractivity contribution in [3.8, 4) is 17.6 Å². The Balaban J connectivity index is 3.06. The van der Waals surface area contributed by atoms with Crippen molar-refractivity contribution in [2.24, 2.45) is 0 Å². The Labute approximate surface area is 91.1 Å². The highest BCUT2D eigenvalue weighted by atomic mass is 19.4. The van der Waals surface area contributed by atoms with Crippen molar-refractivity contribution in [3.05, 3.63) is 29.3 Å². The number of hydrogen-bond donors (Lipinski definition) is 2. The van der Waals surface area contributed by atoms with Crippen molar-refractivity contribution in [2.45, 2.75) is 6.18 Å². The third-order valence-corrected chi connectivity index (χ3v) is 1.81. The lowest BCUT2D eigenvalue weighted by Gasteiger charge is -2.07. The van der Waals surface area contributed by atoms with Crippen molar-refractivity contribution in [1.29, 1.82) is 0 Å². The molecule has 16 heavy (non-hydrogen) atoms. The number of phenols is 1. The second-order valence-electron chi connectivity index (χ2n) is 3.06. The number of phenolic OH excluding ortho intramolecular Hbond substituents is 1. The van der Waals surface area contributed by atoms with Crippen LogP contribution in [-0.2, 0) is 6.18 Å². The number of aromatic hydroxyl groups is 1. The number of halogens is 3. The van der Waals surface area contributed by atoms with Gasteiger partial charge in [-0.05, 0) is 25.2 Å². The molecule has 0 aliphatic heterocycles. The fraction of sp³-hybridized carbons (Fsp3) is 0.273. The van der Waals surface area contributed by atoms with Crippen LogP contribution in [0.4, 0.5) is 13.2 Å². The molecule has 86 valence electrons. The molecular formula is C11H10F3NO. The summed E-state index contributed by atoms with van der Waals surface area (Å²) in [5.41, 5.74) is -0.843. The molecule has 0 aromatic heterocycles. The van der Waals surface area contributed by atoms with Crippen LogP contribution in [0.25, 0.3) is 0 Å². The van der Waals surface area contributed by atoms with Crippen LogP contribution in [-0.4, -0.2) is 18.7 Å². The van der Waals surface area contributed by atoms with Gasteiger partial charge in [0.1, 0.15) is 5.75 Å². The van der Waals surface area contributed by atoms with E-state index in [9.17, 15) is 18.3 Å². The summed E-state index contributed by atoms with van der Waals surface area (Å²) in [6, 6.07) is 2.64. The zero-order valence-corrected chi connectivity index (χ0v) is 8.52. The van der Waals surface area contributed by atoms with Gasteiger partial charge in [0.15, 0.2) is 0 Å². The van der Waals surface area contributed by atoms with Gasteiger partial charge in [0.05, 0.1) is 17.7 Å². The molecular weight excluding hydrogens is 219 g/mol. The molecule has 0 aliphatic carbocycles. The maximum atomic E-state index is 12.3. The van der Waals surface area contributed by atoms with Crippen LogP contribution >= 0.6 is 0 Å². The third kappa shape index (κ3) is 3.17. The minimum absolute atomic E-state index is 0.0231. The van der Waals surface area contributed by atoms with Crippen LogP contribution in [0.1, 0.15) is 11.1 Å². The number of nitrogens with one attached hydrogen (secondary N) is 1. The van der Waals surface area contributed by atoms with Crippen LogP contribution in [0, 0.1) is 11.8 Å². The van der Waals surface area contributed by atoms with Crippen LogP contribution < -0.4 is 5.32 Å². The standard InChI is InChI=1S/C11H10F3NO/c1-15-6-2-3-8-7-9(11(12,13)14)4-5-10(8)16/h4-5,7,15-16H,6H2,1H3. The molecule has 0 aliphatic rings. The smallest absolute Gasteiger partial charge is 0.416 e. The van der Waals surface area contributed by atoms with Crippen molar-refractivity contribution >= 4 is 0 Å². The highest BCUT2D eigenvalue weighted by Gasteiger charge is 2.30. The molecule has 1 aromatic carbocycles. The molecule has 0 amide bonds. The van der Waals surface area contributed by atoms with Crippen molar-refractivity contribution in [1.82, 2.24) is 5.32 Å². The first-order chi connectivity index (χ1) is 7.45. The average Bonchev–Trinajstić information content (AvgIpc) is 2.19. The molecule has 0 spiro atoms. The molecule has 0 saturated heterocycles. The summed E-state index contributed by atoms with van der Waals surface area (Å²) in [7, 11) is 1.67. The van der Waals surface area contributed by atoms with Crippen LogP contribution in [0.5, 0.6) is 5.75 Å². The first-order valence-corrected chi connectivity index (χ1v) is 4.49. The van der Waals surface area contributed by atoms with Crippen molar-refractivity contribution in [3.63, 3.8) is 0 Å². The van der Waals surface area contributed by atoms with E-state index in [1.165, 1.54) is 0 Å². The summed E-state index contributed by atoms with van der Waals surface area (Å²) in [5, 5.41) is 12.0. The largest absolute Gasteiger partial charge is 0.507 e. The second kappa shape index (κ2) is 4.90. The molecule has 0 bridgehead atoms. The molecule has 5 heteroatoms. The van der Waals surface area contributed by atoms with Gasteiger partial charge in [-0.15, -0.1) is 0 Å². The predicted molar refractivity (Wildman–Crippen MR) is 53.9 cm³/mol. The minimum Gasteiger partial charge on any atom is -0.507 e. The highest BCUT2D eigenvalue weighted by molar-refractivity contribution is 5.48. The molecule has 1 rings (SSSR count).